The first kappa shape index (κ1) is 19.7. The van der Waals surface area contributed by atoms with Crippen LogP contribution in [0.3, 0.4) is 0 Å². The molecule has 0 saturated heterocycles. The van der Waals surface area contributed by atoms with Crippen molar-refractivity contribution in [1.29, 1.82) is 0 Å². The minimum Gasteiger partial charge on any atom is -0.366 e. The molecule has 0 bridgehead atoms. The fraction of sp³-hybridized carbons (Fsp3) is 0.333. The summed E-state index contributed by atoms with van der Waals surface area (Å²) in [5, 5.41) is 0. The predicted octanol–water partition coefficient (Wildman–Crippen LogP) is 3.08. The van der Waals surface area contributed by atoms with Crippen molar-refractivity contribution in [2.24, 2.45) is 11.5 Å². The third kappa shape index (κ3) is 6.01. The third-order valence-corrected chi connectivity index (χ3v) is 4.37. The first-order valence-electron chi connectivity index (χ1n) is 8.99. The number of benzene rings is 2. The zero-order valence-electron chi connectivity index (χ0n) is 15.3. The van der Waals surface area contributed by atoms with Crippen molar-refractivity contribution in [1.82, 2.24) is 4.90 Å². The van der Waals surface area contributed by atoms with E-state index < -0.39 is 11.8 Å². The lowest BCUT2D eigenvalue weighted by molar-refractivity contribution is 0.0992. The second-order valence-corrected chi connectivity index (χ2v) is 6.54. The molecule has 2 aromatic rings. The van der Waals surface area contributed by atoms with E-state index in [1.54, 1.807) is 24.3 Å². The van der Waals surface area contributed by atoms with Crippen LogP contribution in [0.4, 0.5) is 0 Å². The number of carbonyl (C=O) groups excluding carboxylic acids is 2. The molecule has 2 aromatic carbocycles. The SMILES string of the molecule is CCCCCN(Cc1ccc(C(N)=O)cc1)Cc1ccc(C(N)=O)cc1. The van der Waals surface area contributed by atoms with Crippen LogP contribution in [0.5, 0.6) is 0 Å². The van der Waals surface area contributed by atoms with Crippen molar-refractivity contribution in [3.05, 3.63) is 70.8 Å². The van der Waals surface area contributed by atoms with E-state index in [0.717, 1.165) is 37.2 Å². The van der Waals surface area contributed by atoms with Gasteiger partial charge in [-0.05, 0) is 48.4 Å². The Kier molecular flexibility index (Phi) is 7.36. The van der Waals surface area contributed by atoms with Crippen LogP contribution in [0.1, 0.15) is 58.0 Å². The Morgan fingerprint density at radius 2 is 1.19 bits per heavy atom. The van der Waals surface area contributed by atoms with Crippen molar-refractivity contribution in [2.75, 3.05) is 6.54 Å². The van der Waals surface area contributed by atoms with Crippen molar-refractivity contribution >= 4 is 11.8 Å². The molecule has 0 unspecified atom stereocenters. The van der Waals surface area contributed by atoms with Gasteiger partial charge in [-0.25, -0.2) is 0 Å². The van der Waals surface area contributed by atoms with E-state index in [9.17, 15) is 9.59 Å². The standard InChI is InChI=1S/C21H27N3O2/c1-2-3-4-13-24(14-16-5-9-18(10-6-16)20(22)25)15-17-7-11-19(12-8-17)21(23)26/h5-12H,2-4,13-15H2,1H3,(H2,22,25)(H2,23,26). The van der Waals surface area contributed by atoms with Gasteiger partial charge in [-0.15, -0.1) is 0 Å². The molecule has 2 amide bonds. The van der Waals surface area contributed by atoms with Crippen molar-refractivity contribution in [3.63, 3.8) is 0 Å². The molecule has 5 heteroatoms. The minimum absolute atomic E-state index is 0.411. The van der Waals surface area contributed by atoms with Crippen LogP contribution in [0.2, 0.25) is 0 Å². The van der Waals surface area contributed by atoms with Crippen LogP contribution in [0, 0.1) is 0 Å². The van der Waals surface area contributed by atoms with Gasteiger partial charge in [0, 0.05) is 24.2 Å². The van der Waals surface area contributed by atoms with Gasteiger partial charge < -0.3 is 11.5 Å². The molecule has 0 aromatic heterocycles. The topological polar surface area (TPSA) is 89.4 Å². The molecular weight excluding hydrogens is 326 g/mol. The molecule has 0 radical (unpaired) electrons. The van der Waals surface area contributed by atoms with Gasteiger partial charge in [-0.3, -0.25) is 14.5 Å². The number of nitrogens with two attached hydrogens (primary N) is 2. The summed E-state index contributed by atoms with van der Waals surface area (Å²) in [6, 6.07) is 14.9. The maximum absolute atomic E-state index is 11.2. The molecule has 2 rings (SSSR count). The predicted molar refractivity (Wildman–Crippen MR) is 104 cm³/mol. The molecule has 138 valence electrons. The monoisotopic (exact) mass is 353 g/mol. The molecule has 0 aliphatic heterocycles. The van der Waals surface area contributed by atoms with Gasteiger partial charge in [0.2, 0.25) is 11.8 Å². The van der Waals surface area contributed by atoms with Crippen molar-refractivity contribution in [3.8, 4) is 0 Å². The summed E-state index contributed by atoms with van der Waals surface area (Å²) in [5.74, 6) is -0.822. The van der Waals surface area contributed by atoms with E-state index in [2.05, 4.69) is 11.8 Å². The first-order chi connectivity index (χ1) is 12.5. The number of unbranched alkanes of at least 4 members (excludes halogenated alkanes) is 2. The summed E-state index contributed by atoms with van der Waals surface area (Å²) in [7, 11) is 0. The fourth-order valence-electron chi connectivity index (χ4n) is 2.86. The number of amides is 2. The van der Waals surface area contributed by atoms with Gasteiger partial charge in [0.1, 0.15) is 0 Å². The van der Waals surface area contributed by atoms with Gasteiger partial charge in [-0.2, -0.15) is 0 Å². The van der Waals surface area contributed by atoms with Gasteiger partial charge in [0.25, 0.3) is 0 Å². The van der Waals surface area contributed by atoms with E-state index in [1.165, 1.54) is 12.8 Å². The fourth-order valence-corrected chi connectivity index (χ4v) is 2.86. The number of rotatable bonds is 10. The number of hydrogen-bond acceptors (Lipinski definition) is 3. The van der Waals surface area contributed by atoms with Crippen molar-refractivity contribution in [2.45, 2.75) is 39.3 Å². The van der Waals surface area contributed by atoms with E-state index >= 15 is 0 Å². The maximum Gasteiger partial charge on any atom is 0.248 e. The zero-order valence-corrected chi connectivity index (χ0v) is 15.3. The van der Waals surface area contributed by atoms with Gasteiger partial charge in [0.15, 0.2) is 0 Å². The van der Waals surface area contributed by atoms with Crippen LogP contribution >= 0.6 is 0 Å². The van der Waals surface area contributed by atoms with E-state index in [-0.39, 0.29) is 0 Å². The molecule has 0 fully saturated rings. The highest BCUT2D eigenvalue weighted by Gasteiger charge is 2.09. The normalized spacial score (nSPS) is 10.8. The summed E-state index contributed by atoms with van der Waals surface area (Å²) >= 11 is 0. The van der Waals surface area contributed by atoms with Gasteiger partial charge in [0.05, 0.1) is 0 Å². The molecule has 0 saturated carbocycles. The molecule has 0 heterocycles. The summed E-state index contributed by atoms with van der Waals surface area (Å²) in [4.78, 5) is 24.8. The Morgan fingerprint density at radius 3 is 1.54 bits per heavy atom. The molecule has 0 aliphatic carbocycles. The van der Waals surface area contributed by atoms with E-state index in [0.29, 0.717) is 11.1 Å². The quantitative estimate of drug-likeness (QED) is 0.643. The van der Waals surface area contributed by atoms with Gasteiger partial charge in [-0.1, -0.05) is 44.0 Å². The largest absolute Gasteiger partial charge is 0.366 e. The smallest absolute Gasteiger partial charge is 0.248 e. The highest BCUT2D eigenvalue weighted by Crippen LogP contribution is 2.13. The summed E-state index contributed by atoms with van der Waals surface area (Å²) < 4.78 is 0. The lowest BCUT2D eigenvalue weighted by Gasteiger charge is -2.23. The Labute approximate surface area is 155 Å². The average Bonchev–Trinajstić information content (AvgIpc) is 2.62. The summed E-state index contributed by atoms with van der Waals surface area (Å²) in [5.41, 5.74) is 13.9. The van der Waals surface area contributed by atoms with E-state index in [1.807, 2.05) is 24.3 Å². The highest BCUT2D eigenvalue weighted by atomic mass is 16.1. The Balaban J connectivity index is 2.06. The minimum atomic E-state index is -0.411. The molecule has 0 spiro atoms. The first-order valence-corrected chi connectivity index (χ1v) is 8.99. The zero-order chi connectivity index (χ0) is 18.9. The number of nitrogens with zero attached hydrogens (tertiary/aromatic N) is 1. The Morgan fingerprint density at radius 1 is 0.769 bits per heavy atom. The molecule has 5 nitrogen and oxygen atoms in total. The van der Waals surface area contributed by atoms with E-state index in [4.69, 9.17) is 11.5 Å². The molecule has 0 aliphatic rings. The number of carbonyl (C=O) groups is 2. The average molecular weight is 353 g/mol. The second-order valence-electron chi connectivity index (χ2n) is 6.54. The van der Waals surface area contributed by atoms with Crippen LogP contribution in [0.15, 0.2) is 48.5 Å². The lowest BCUT2D eigenvalue weighted by atomic mass is 10.1. The second kappa shape index (κ2) is 9.73. The van der Waals surface area contributed by atoms with Gasteiger partial charge >= 0.3 is 0 Å². The summed E-state index contributed by atoms with van der Waals surface area (Å²) in [6.07, 6.45) is 3.50. The van der Waals surface area contributed by atoms with Crippen LogP contribution in [0.25, 0.3) is 0 Å². The highest BCUT2D eigenvalue weighted by molar-refractivity contribution is 5.93. The molecule has 0 atom stereocenters. The number of hydrogen-bond donors (Lipinski definition) is 2. The lowest BCUT2D eigenvalue weighted by Crippen LogP contribution is -2.24. The maximum atomic E-state index is 11.2. The molecule has 26 heavy (non-hydrogen) atoms. The molecule has 4 N–H and O–H groups in total. The Bertz CT molecular complexity index is 664. The number of primary amides is 2. The van der Waals surface area contributed by atoms with Crippen LogP contribution in [-0.4, -0.2) is 23.3 Å². The summed E-state index contributed by atoms with van der Waals surface area (Å²) in [6.45, 7) is 4.76. The third-order valence-electron chi connectivity index (χ3n) is 4.37. The Hall–Kier alpha value is -2.66. The van der Waals surface area contributed by atoms with Crippen molar-refractivity contribution < 1.29 is 9.59 Å². The van der Waals surface area contributed by atoms with Crippen LogP contribution in [-0.2, 0) is 13.1 Å². The van der Waals surface area contributed by atoms with Crippen LogP contribution < -0.4 is 11.5 Å². The molecular formula is C21H27N3O2.